The quantitative estimate of drug-likeness (QED) is 0.689. The van der Waals surface area contributed by atoms with E-state index in [0.717, 1.165) is 12.8 Å². The fourth-order valence-corrected chi connectivity index (χ4v) is 2.52. The van der Waals surface area contributed by atoms with Gasteiger partial charge in [-0.05, 0) is 45.7 Å². The second-order valence-corrected chi connectivity index (χ2v) is 6.10. The van der Waals surface area contributed by atoms with Crippen molar-refractivity contribution >= 4 is 11.8 Å². The number of benzene rings is 1. The molecule has 0 spiro atoms. The minimum atomic E-state index is -0.277. The van der Waals surface area contributed by atoms with Gasteiger partial charge in [0.15, 0.2) is 11.5 Å². The van der Waals surface area contributed by atoms with Crippen molar-refractivity contribution in [2.45, 2.75) is 39.7 Å². The summed E-state index contributed by atoms with van der Waals surface area (Å²) in [6, 6.07) is 3.54. The Labute approximate surface area is 154 Å². The van der Waals surface area contributed by atoms with Crippen molar-refractivity contribution in [2.24, 2.45) is 0 Å². The lowest BCUT2D eigenvalue weighted by Crippen LogP contribution is -2.39. The third-order valence-corrected chi connectivity index (χ3v) is 3.83. The van der Waals surface area contributed by atoms with Gasteiger partial charge in [-0.15, -0.1) is 0 Å². The number of ether oxygens (including phenoxy) is 3. The first-order valence-corrected chi connectivity index (χ1v) is 9.11. The fraction of sp³-hybridized carbons (Fsp3) is 0.579. The molecular formula is C19H28N2O5. The van der Waals surface area contributed by atoms with Crippen LogP contribution in [-0.2, 0) is 4.79 Å². The smallest absolute Gasteiger partial charge is 0.254 e. The van der Waals surface area contributed by atoms with Crippen LogP contribution in [0.2, 0.25) is 0 Å². The third-order valence-electron chi connectivity index (χ3n) is 3.83. The average molecular weight is 364 g/mol. The minimum absolute atomic E-state index is 0.0104. The first-order valence-electron chi connectivity index (χ1n) is 9.11. The van der Waals surface area contributed by atoms with Crippen LogP contribution in [-0.4, -0.2) is 56.2 Å². The van der Waals surface area contributed by atoms with Gasteiger partial charge in [0.1, 0.15) is 0 Å². The van der Waals surface area contributed by atoms with Gasteiger partial charge < -0.3 is 24.4 Å². The summed E-state index contributed by atoms with van der Waals surface area (Å²) >= 11 is 0. The molecule has 1 aliphatic rings. The Morgan fingerprint density at radius 1 is 1.04 bits per heavy atom. The second-order valence-electron chi connectivity index (χ2n) is 6.10. The molecule has 0 atom stereocenters. The summed E-state index contributed by atoms with van der Waals surface area (Å²) in [5, 5.41) is 2.88. The molecule has 144 valence electrons. The van der Waals surface area contributed by atoms with Gasteiger partial charge >= 0.3 is 0 Å². The lowest BCUT2D eigenvalue weighted by Gasteiger charge is -2.20. The highest BCUT2D eigenvalue weighted by Crippen LogP contribution is 2.39. The van der Waals surface area contributed by atoms with Crippen LogP contribution >= 0.6 is 0 Å². The summed E-state index contributed by atoms with van der Waals surface area (Å²) < 4.78 is 16.9. The zero-order valence-electron chi connectivity index (χ0n) is 16.0. The van der Waals surface area contributed by atoms with Crippen LogP contribution in [0.5, 0.6) is 17.2 Å². The zero-order chi connectivity index (χ0) is 19.1. The molecule has 0 aromatic heterocycles. The fourth-order valence-electron chi connectivity index (χ4n) is 2.52. The van der Waals surface area contributed by atoms with Crippen LogP contribution in [0.4, 0.5) is 0 Å². The maximum atomic E-state index is 12.8. The summed E-state index contributed by atoms with van der Waals surface area (Å²) in [6.45, 7) is 6.92. The van der Waals surface area contributed by atoms with Gasteiger partial charge in [-0.25, -0.2) is 0 Å². The molecule has 1 aromatic carbocycles. The molecule has 1 saturated carbocycles. The Kier molecular flexibility index (Phi) is 7.12. The lowest BCUT2D eigenvalue weighted by molar-refractivity contribution is -0.121. The first-order chi connectivity index (χ1) is 12.5. The summed E-state index contributed by atoms with van der Waals surface area (Å²) in [6.07, 6.45) is 2.02. The Morgan fingerprint density at radius 2 is 1.58 bits per heavy atom. The summed E-state index contributed by atoms with van der Waals surface area (Å²) in [4.78, 5) is 26.1. The van der Waals surface area contributed by atoms with Gasteiger partial charge in [0, 0.05) is 18.7 Å². The Hall–Kier alpha value is -2.44. The summed E-state index contributed by atoms with van der Waals surface area (Å²) in [7, 11) is 1.60. The Bertz CT molecular complexity index is 616. The SMILES string of the molecule is CCOc1cc(C(=O)N(C)CC(=O)NC2CC2)cc(OCC)c1OCC. The van der Waals surface area contributed by atoms with Crippen LogP contribution in [0.3, 0.4) is 0 Å². The summed E-state index contributed by atoms with van der Waals surface area (Å²) in [5.74, 6) is 0.978. The van der Waals surface area contributed by atoms with Crippen molar-refractivity contribution in [3.63, 3.8) is 0 Å². The lowest BCUT2D eigenvalue weighted by atomic mass is 10.1. The third kappa shape index (κ3) is 5.28. The van der Waals surface area contributed by atoms with Crippen molar-refractivity contribution in [3.8, 4) is 17.2 Å². The van der Waals surface area contributed by atoms with Crippen LogP contribution < -0.4 is 19.5 Å². The van der Waals surface area contributed by atoms with Gasteiger partial charge in [-0.2, -0.15) is 0 Å². The van der Waals surface area contributed by atoms with E-state index in [1.54, 1.807) is 19.2 Å². The molecule has 7 nitrogen and oxygen atoms in total. The Morgan fingerprint density at radius 3 is 2.04 bits per heavy atom. The number of likely N-dealkylation sites (N-methyl/N-ethyl adjacent to an activating group) is 1. The van der Waals surface area contributed by atoms with E-state index in [1.807, 2.05) is 20.8 Å². The zero-order valence-corrected chi connectivity index (χ0v) is 16.0. The molecule has 0 radical (unpaired) electrons. The number of hydrogen-bond acceptors (Lipinski definition) is 5. The number of hydrogen-bond donors (Lipinski definition) is 1. The highest BCUT2D eigenvalue weighted by molar-refractivity contribution is 5.97. The number of carbonyl (C=O) groups is 2. The molecule has 0 aliphatic heterocycles. The normalized spacial score (nSPS) is 13.1. The molecule has 1 fully saturated rings. The van der Waals surface area contributed by atoms with Gasteiger partial charge in [0.25, 0.3) is 5.91 Å². The van der Waals surface area contributed by atoms with Crippen LogP contribution in [0.25, 0.3) is 0 Å². The van der Waals surface area contributed by atoms with Crippen LogP contribution in [0, 0.1) is 0 Å². The van der Waals surface area contributed by atoms with E-state index < -0.39 is 0 Å². The van der Waals surface area contributed by atoms with E-state index >= 15 is 0 Å². The van der Waals surface area contributed by atoms with E-state index in [1.165, 1.54) is 4.90 Å². The highest BCUT2D eigenvalue weighted by Gasteiger charge is 2.25. The number of nitrogens with zero attached hydrogens (tertiary/aromatic N) is 1. The minimum Gasteiger partial charge on any atom is -0.490 e. The molecule has 1 aromatic rings. The van der Waals surface area contributed by atoms with Crippen molar-refractivity contribution in [2.75, 3.05) is 33.4 Å². The van der Waals surface area contributed by atoms with Gasteiger partial charge in [0.05, 0.1) is 26.4 Å². The number of rotatable bonds is 10. The van der Waals surface area contributed by atoms with Crippen molar-refractivity contribution < 1.29 is 23.8 Å². The molecule has 7 heteroatoms. The maximum absolute atomic E-state index is 12.8. The van der Waals surface area contributed by atoms with Gasteiger partial charge in [-0.3, -0.25) is 9.59 Å². The maximum Gasteiger partial charge on any atom is 0.254 e. The molecule has 0 saturated heterocycles. The van der Waals surface area contributed by atoms with Gasteiger partial charge in [0.2, 0.25) is 11.7 Å². The topological polar surface area (TPSA) is 77.1 Å². The predicted octanol–water partition coefficient (Wildman–Crippen LogP) is 2.23. The molecule has 0 heterocycles. The first kappa shape index (κ1) is 19.9. The van der Waals surface area contributed by atoms with Crippen LogP contribution in [0.1, 0.15) is 44.0 Å². The van der Waals surface area contributed by atoms with E-state index in [-0.39, 0.29) is 24.4 Å². The second kappa shape index (κ2) is 9.31. The predicted molar refractivity (Wildman–Crippen MR) is 98.1 cm³/mol. The van der Waals surface area contributed by atoms with E-state index in [4.69, 9.17) is 14.2 Å². The number of carbonyl (C=O) groups excluding carboxylic acids is 2. The molecule has 1 aliphatic carbocycles. The van der Waals surface area contributed by atoms with E-state index in [0.29, 0.717) is 42.6 Å². The standard InChI is InChI=1S/C19H28N2O5/c1-5-24-15-10-13(11-16(25-6-2)18(15)26-7-3)19(23)21(4)12-17(22)20-14-8-9-14/h10-11,14H,5-9,12H2,1-4H3,(H,20,22). The molecule has 1 N–H and O–H groups in total. The largest absolute Gasteiger partial charge is 0.490 e. The molecule has 0 unspecified atom stereocenters. The van der Waals surface area contributed by atoms with E-state index in [9.17, 15) is 9.59 Å². The molecular weight excluding hydrogens is 336 g/mol. The van der Waals surface area contributed by atoms with Crippen molar-refractivity contribution in [3.05, 3.63) is 17.7 Å². The van der Waals surface area contributed by atoms with Crippen LogP contribution in [0.15, 0.2) is 12.1 Å². The summed E-state index contributed by atoms with van der Waals surface area (Å²) in [5.41, 5.74) is 0.391. The molecule has 0 bridgehead atoms. The van der Waals surface area contributed by atoms with Crippen molar-refractivity contribution in [1.82, 2.24) is 10.2 Å². The highest BCUT2D eigenvalue weighted by atomic mass is 16.5. The molecule has 2 amide bonds. The molecule has 2 rings (SSSR count). The van der Waals surface area contributed by atoms with Crippen molar-refractivity contribution in [1.29, 1.82) is 0 Å². The van der Waals surface area contributed by atoms with E-state index in [2.05, 4.69) is 5.32 Å². The van der Waals surface area contributed by atoms with Gasteiger partial charge in [-0.1, -0.05) is 0 Å². The number of nitrogens with one attached hydrogen (secondary N) is 1. The average Bonchev–Trinajstić information content (AvgIpc) is 3.41. The molecule has 26 heavy (non-hydrogen) atoms. The Balaban J connectivity index is 2.21. The number of amides is 2. The monoisotopic (exact) mass is 364 g/mol.